The number of aromatic nitrogens is 2. The fourth-order valence-corrected chi connectivity index (χ4v) is 3.36. The summed E-state index contributed by atoms with van der Waals surface area (Å²) in [5, 5.41) is 0. The lowest BCUT2D eigenvalue weighted by molar-refractivity contribution is 0.183. The molecule has 0 radical (unpaired) electrons. The van der Waals surface area contributed by atoms with Gasteiger partial charge in [-0.05, 0) is 36.4 Å². The van der Waals surface area contributed by atoms with Gasteiger partial charge in [0, 0.05) is 12.6 Å². The minimum Gasteiger partial charge on any atom is -0.611 e. The zero-order valence-electron chi connectivity index (χ0n) is 13.6. The molecule has 1 aromatic heterocycles. The second kappa shape index (κ2) is 8.19. The van der Waals surface area contributed by atoms with E-state index in [2.05, 4.69) is 33.9 Å². The van der Waals surface area contributed by atoms with E-state index in [1.807, 2.05) is 0 Å². The molecule has 1 amide bonds. The van der Waals surface area contributed by atoms with E-state index in [-0.39, 0.29) is 0 Å². The van der Waals surface area contributed by atoms with Crippen molar-refractivity contribution < 1.29 is 14.1 Å². The predicted octanol–water partition coefficient (Wildman–Crippen LogP) is 1.80. The van der Waals surface area contributed by atoms with Crippen LogP contribution >= 0.6 is 0 Å². The third-order valence-corrected chi connectivity index (χ3v) is 5.00. The molecule has 1 atom stereocenters. The van der Waals surface area contributed by atoms with E-state index in [0.717, 1.165) is 30.0 Å². The Balaban J connectivity index is 2.09. The molecule has 7 nitrogen and oxygen atoms in total. The molecule has 0 aliphatic rings. The van der Waals surface area contributed by atoms with E-state index in [1.165, 1.54) is 18.1 Å². The van der Waals surface area contributed by atoms with Crippen LogP contribution in [0.4, 0.5) is 4.79 Å². The largest absolute Gasteiger partial charge is 0.611 e. The van der Waals surface area contributed by atoms with Crippen molar-refractivity contribution in [3.63, 3.8) is 0 Å². The Bertz CT molecular complexity index is 657. The maximum atomic E-state index is 12.4. The van der Waals surface area contributed by atoms with Crippen molar-refractivity contribution in [2.45, 2.75) is 18.7 Å². The second-order valence-corrected chi connectivity index (χ2v) is 6.52. The standard InChI is InChI=1S/C15H22N4O3S/c1-4-18(5-2)8-9-23(21)12-6-7-14-13(10-12)16-11-19(14)17-15(20)22-3/h6-7,10-11H,4-5,8-9H2,1-3H3,(H,17,20). The van der Waals surface area contributed by atoms with Gasteiger partial charge in [-0.2, -0.15) is 0 Å². The van der Waals surface area contributed by atoms with Crippen LogP contribution in [0.3, 0.4) is 0 Å². The van der Waals surface area contributed by atoms with E-state index in [0.29, 0.717) is 11.3 Å². The zero-order chi connectivity index (χ0) is 16.8. The predicted molar refractivity (Wildman–Crippen MR) is 90.6 cm³/mol. The summed E-state index contributed by atoms with van der Waals surface area (Å²) in [5.41, 5.74) is 3.93. The van der Waals surface area contributed by atoms with Gasteiger partial charge in [-0.25, -0.2) is 19.9 Å². The highest BCUT2D eigenvalue weighted by Crippen LogP contribution is 2.19. The smallest absolute Gasteiger partial charge is 0.426 e. The van der Waals surface area contributed by atoms with Gasteiger partial charge >= 0.3 is 6.09 Å². The molecule has 1 heterocycles. The van der Waals surface area contributed by atoms with Crippen LogP contribution in [-0.4, -0.2) is 57.7 Å². The lowest BCUT2D eigenvalue weighted by atomic mass is 10.3. The number of rotatable bonds is 7. The Labute approximate surface area is 138 Å². The highest BCUT2D eigenvalue weighted by Gasteiger charge is 2.15. The number of imidazole rings is 1. The Morgan fingerprint density at radius 1 is 1.43 bits per heavy atom. The summed E-state index contributed by atoms with van der Waals surface area (Å²) < 4.78 is 18.4. The van der Waals surface area contributed by atoms with Gasteiger partial charge in [0.05, 0.1) is 18.1 Å². The number of carbonyl (C=O) groups excluding carboxylic acids is 1. The third kappa shape index (κ3) is 4.37. The van der Waals surface area contributed by atoms with Crippen molar-refractivity contribution in [2.75, 3.05) is 37.9 Å². The first kappa shape index (κ1) is 17.6. The van der Waals surface area contributed by atoms with Crippen LogP contribution in [0, 0.1) is 0 Å². The SMILES string of the molecule is CCN(CC)CC[S+]([O-])c1ccc2c(c1)ncn2NC(=O)OC. The summed E-state index contributed by atoms with van der Waals surface area (Å²) in [5.74, 6) is 0.592. The quantitative estimate of drug-likeness (QED) is 0.778. The van der Waals surface area contributed by atoms with Crippen LogP contribution < -0.4 is 5.43 Å². The number of nitrogens with one attached hydrogen (secondary N) is 1. The summed E-state index contributed by atoms with van der Waals surface area (Å²) in [6.07, 6.45) is 0.917. The molecule has 0 spiro atoms. The van der Waals surface area contributed by atoms with Crippen LogP contribution in [0.2, 0.25) is 0 Å². The zero-order valence-corrected chi connectivity index (χ0v) is 14.4. The molecular weight excluding hydrogens is 316 g/mol. The molecule has 1 unspecified atom stereocenters. The van der Waals surface area contributed by atoms with Crippen molar-refractivity contribution >= 4 is 28.3 Å². The molecule has 126 valence electrons. The molecule has 2 aromatic rings. The van der Waals surface area contributed by atoms with E-state index < -0.39 is 17.3 Å². The van der Waals surface area contributed by atoms with Gasteiger partial charge in [-0.3, -0.25) is 4.90 Å². The molecule has 1 aromatic carbocycles. The van der Waals surface area contributed by atoms with E-state index in [1.54, 1.807) is 18.2 Å². The van der Waals surface area contributed by atoms with Crippen LogP contribution in [0.5, 0.6) is 0 Å². The molecule has 1 N–H and O–H groups in total. The molecule has 0 saturated heterocycles. The molecule has 2 rings (SSSR count). The molecule has 0 bridgehead atoms. The topological polar surface area (TPSA) is 82.5 Å². The number of carbonyl (C=O) groups is 1. The fourth-order valence-electron chi connectivity index (χ4n) is 2.24. The lowest BCUT2D eigenvalue weighted by Crippen LogP contribution is -2.29. The number of methoxy groups -OCH3 is 1. The highest BCUT2D eigenvalue weighted by molar-refractivity contribution is 7.91. The van der Waals surface area contributed by atoms with Crippen molar-refractivity contribution in [2.24, 2.45) is 0 Å². The number of hydrogen-bond donors (Lipinski definition) is 1. The summed E-state index contributed by atoms with van der Waals surface area (Å²) in [6.45, 7) is 6.90. The Hall–Kier alpha value is -1.77. The highest BCUT2D eigenvalue weighted by atomic mass is 32.2. The number of hydrogen-bond acceptors (Lipinski definition) is 5. The first-order chi connectivity index (χ1) is 11.1. The molecule has 0 aliphatic heterocycles. The molecular formula is C15H22N4O3S. The molecule has 23 heavy (non-hydrogen) atoms. The van der Waals surface area contributed by atoms with Crippen LogP contribution in [-0.2, 0) is 15.9 Å². The van der Waals surface area contributed by atoms with Gasteiger partial charge in [-0.1, -0.05) is 13.8 Å². The maximum absolute atomic E-state index is 12.4. The number of amides is 1. The van der Waals surface area contributed by atoms with Crippen molar-refractivity contribution in [3.8, 4) is 0 Å². The summed E-state index contributed by atoms with van der Waals surface area (Å²) in [7, 11) is 1.30. The maximum Gasteiger partial charge on any atom is 0.426 e. The Morgan fingerprint density at radius 3 is 2.83 bits per heavy atom. The number of fused-ring (bicyclic) bond motifs is 1. The van der Waals surface area contributed by atoms with Crippen LogP contribution in [0.1, 0.15) is 13.8 Å². The van der Waals surface area contributed by atoms with Gasteiger partial charge < -0.3 is 9.29 Å². The first-order valence-corrected chi connectivity index (χ1v) is 8.83. The Morgan fingerprint density at radius 2 is 2.17 bits per heavy atom. The van der Waals surface area contributed by atoms with Gasteiger partial charge in [0.2, 0.25) is 0 Å². The van der Waals surface area contributed by atoms with Gasteiger partial charge in [-0.15, -0.1) is 0 Å². The molecule has 0 aliphatic carbocycles. The molecule has 0 saturated carbocycles. The van der Waals surface area contributed by atoms with Crippen molar-refractivity contribution in [1.82, 2.24) is 14.6 Å². The lowest BCUT2D eigenvalue weighted by Gasteiger charge is -2.19. The van der Waals surface area contributed by atoms with Crippen molar-refractivity contribution in [3.05, 3.63) is 24.5 Å². The molecule has 0 fully saturated rings. The minimum atomic E-state index is -1.07. The first-order valence-electron chi connectivity index (χ1n) is 7.51. The van der Waals surface area contributed by atoms with Gasteiger partial charge in [0.1, 0.15) is 12.1 Å². The van der Waals surface area contributed by atoms with E-state index in [4.69, 9.17) is 0 Å². The number of nitrogens with zero attached hydrogens (tertiary/aromatic N) is 3. The minimum absolute atomic E-state index is 0.573. The normalized spacial score (nSPS) is 12.6. The second-order valence-electron chi connectivity index (χ2n) is 4.95. The molecule has 8 heteroatoms. The van der Waals surface area contributed by atoms with Crippen molar-refractivity contribution in [1.29, 1.82) is 0 Å². The fraction of sp³-hybridized carbons (Fsp3) is 0.467. The van der Waals surface area contributed by atoms with Gasteiger partial charge in [0.15, 0.2) is 4.90 Å². The summed E-state index contributed by atoms with van der Waals surface area (Å²) in [4.78, 5) is 18.5. The average Bonchev–Trinajstić information content (AvgIpc) is 2.97. The average molecular weight is 338 g/mol. The summed E-state index contributed by atoms with van der Waals surface area (Å²) in [6, 6.07) is 5.39. The number of ether oxygens (including phenoxy) is 1. The van der Waals surface area contributed by atoms with E-state index >= 15 is 0 Å². The van der Waals surface area contributed by atoms with E-state index in [9.17, 15) is 9.35 Å². The van der Waals surface area contributed by atoms with Gasteiger partial charge in [0.25, 0.3) is 0 Å². The monoisotopic (exact) mass is 338 g/mol. The van der Waals surface area contributed by atoms with Crippen LogP contribution in [0.15, 0.2) is 29.4 Å². The Kier molecular flexibility index (Phi) is 6.26. The third-order valence-electron chi connectivity index (χ3n) is 3.67. The number of benzene rings is 1. The van der Waals surface area contributed by atoms with Crippen LogP contribution in [0.25, 0.3) is 11.0 Å². The summed E-state index contributed by atoms with van der Waals surface area (Å²) >= 11 is -1.07.